The molecule has 2 atom stereocenters. The molecule has 0 heterocycles. The number of primary amides is 1. The smallest absolute Gasteiger partial charge is 0.243 e. The van der Waals surface area contributed by atoms with Gasteiger partial charge in [-0.2, -0.15) is 4.31 Å². The van der Waals surface area contributed by atoms with Gasteiger partial charge in [-0.15, -0.1) is 0 Å². The van der Waals surface area contributed by atoms with Gasteiger partial charge in [0.05, 0.1) is 12.7 Å². The zero-order valence-corrected chi connectivity index (χ0v) is 15.0. The summed E-state index contributed by atoms with van der Waals surface area (Å²) in [5, 5.41) is 4.71. The van der Waals surface area contributed by atoms with Gasteiger partial charge in [0.1, 0.15) is 12.1 Å². The molecule has 0 bridgehead atoms. The van der Waals surface area contributed by atoms with Crippen LogP contribution in [0.25, 0.3) is 0 Å². The summed E-state index contributed by atoms with van der Waals surface area (Å²) in [5.41, 5.74) is 5.52. The van der Waals surface area contributed by atoms with Crippen LogP contribution in [0.4, 0.5) is 0 Å². The Morgan fingerprint density at radius 1 is 1.16 bits per heavy atom. The molecule has 1 rings (SSSR count). The van der Waals surface area contributed by atoms with E-state index < -0.39 is 46.2 Å². The highest BCUT2D eigenvalue weighted by Gasteiger charge is 2.33. The number of hydrogen-bond acceptors (Lipinski definition) is 5. The van der Waals surface area contributed by atoms with Crippen LogP contribution in [0.2, 0.25) is 0 Å². The maximum Gasteiger partial charge on any atom is 0.243 e. The normalized spacial score (nSPS) is 13.8. The molecule has 0 aromatic heterocycles. The van der Waals surface area contributed by atoms with Crippen molar-refractivity contribution in [1.29, 1.82) is 0 Å². The van der Waals surface area contributed by atoms with Crippen molar-refractivity contribution in [1.82, 2.24) is 14.9 Å². The first-order chi connectivity index (χ1) is 11.6. The maximum absolute atomic E-state index is 12.7. The molecular weight excluding hydrogens is 348 g/mol. The second-order valence-electron chi connectivity index (χ2n) is 5.44. The number of hydrogen-bond donors (Lipinski definition) is 3. The summed E-state index contributed by atoms with van der Waals surface area (Å²) in [6.45, 7) is 0. The minimum absolute atomic E-state index is 0.407. The highest BCUT2D eigenvalue weighted by atomic mass is 32.2. The number of nitrogens with one attached hydrogen (secondary N) is 2. The summed E-state index contributed by atoms with van der Waals surface area (Å²) in [5.74, 6) is -2.13. The van der Waals surface area contributed by atoms with Crippen LogP contribution in [0.1, 0.15) is 18.0 Å². The first-order valence-corrected chi connectivity index (χ1v) is 9.21. The lowest BCUT2D eigenvalue weighted by Gasteiger charge is -2.27. The van der Waals surface area contributed by atoms with E-state index >= 15 is 0 Å². The average molecular weight is 370 g/mol. The van der Waals surface area contributed by atoms with Gasteiger partial charge in [0, 0.05) is 14.1 Å². The van der Waals surface area contributed by atoms with E-state index in [9.17, 15) is 22.8 Å². The Morgan fingerprint density at radius 3 is 2.16 bits per heavy atom. The van der Waals surface area contributed by atoms with Crippen molar-refractivity contribution in [3.05, 3.63) is 35.9 Å². The van der Waals surface area contributed by atoms with Crippen LogP contribution in [0.15, 0.2) is 30.3 Å². The predicted octanol–water partition coefficient (Wildman–Crippen LogP) is -1.27. The third-order valence-corrected chi connectivity index (χ3v) is 4.79. The second-order valence-corrected chi connectivity index (χ2v) is 7.48. The molecule has 138 valence electrons. The zero-order valence-electron chi connectivity index (χ0n) is 14.2. The fourth-order valence-electron chi connectivity index (χ4n) is 2.19. The number of carbonyl (C=O) groups is 3. The molecule has 4 N–H and O–H groups in total. The molecule has 1 unspecified atom stereocenters. The van der Waals surface area contributed by atoms with Crippen molar-refractivity contribution in [2.24, 2.45) is 5.73 Å². The maximum atomic E-state index is 12.7. The Hall–Kier alpha value is -2.46. The largest absolute Gasteiger partial charge is 0.370 e. The van der Waals surface area contributed by atoms with E-state index in [-0.39, 0.29) is 0 Å². The Bertz CT molecular complexity index is 736. The zero-order chi connectivity index (χ0) is 19.2. The van der Waals surface area contributed by atoms with Crippen LogP contribution in [0, 0.1) is 0 Å². The Morgan fingerprint density at radius 2 is 1.72 bits per heavy atom. The van der Waals surface area contributed by atoms with Crippen LogP contribution in [0.5, 0.6) is 0 Å². The van der Waals surface area contributed by atoms with Crippen molar-refractivity contribution in [3.63, 3.8) is 0 Å². The summed E-state index contributed by atoms with van der Waals surface area (Å²) in [4.78, 5) is 35.7. The lowest BCUT2D eigenvalue weighted by Crippen LogP contribution is -2.51. The van der Waals surface area contributed by atoms with Gasteiger partial charge in [-0.1, -0.05) is 30.3 Å². The quantitative estimate of drug-likeness (QED) is 0.523. The van der Waals surface area contributed by atoms with Crippen LogP contribution in [-0.2, 0) is 24.4 Å². The number of benzene rings is 1. The molecular formula is C15H22N4O5S. The molecule has 0 saturated heterocycles. The first kappa shape index (κ1) is 20.6. The molecule has 0 saturated carbocycles. The molecule has 0 aliphatic heterocycles. The van der Waals surface area contributed by atoms with Crippen molar-refractivity contribution < 1.29 is 22.8 Å². The highest BCUT2D eigenvalue weighted by molar-refractivity contribution is 7.88. The molecule has 0 aliphatic rings. The van der Waals surface area contributed by atoms with Gasteiger partial charge in [0.25, 0.3) is 0 Å². The summed E-state index contributed by atoms with van der Waals surface area (Å²) < 4.78 is 24.7. The van der Waals surface area contributed by atoms with Gasteiger partial charge in [-0.25, -0.2) is 8.42 Å². The minimum Gasteiger partial charge on any atom is -0.370 e. The average Bonchev–Trinajstić information content (AvgIpc) is 2.53. The molecule has 0 spiro atoms. The fourth-order valence-corrected chi connectivity index (χ4v) is 2.79. The second kappa shape index (κ2) is 8.58. The molecule has 0 aliphatic carbocycles. The van der Waals surface area contributed by atoms with Gasteiger partial charge in [-0.05, 0) is 5.56 Å². The molecule has 3 amide bonds. The van der Waals surface area contributed by atoms with Crippen LogP contribution in [-0.4, -0.2) is 56.8 Å². The Labute approximate surface area is 146 Å². The summed E-state index contributed by atoms with van der Waals surface area (Å²) in [6.07, 6.45) is 0.561. The van der Waals surface area contributed by atoms with Crippen molar-refractivity contribution in [2.75, 3.05) is 20.4 Å². The predicted molar refractivity (Wildman–Crippen MR) is 91.6 cm³/mol. The number of nitrogens with two attached hydrogens (primary N) is 1. The lowest BCUT2D eigenvalue weighted by atomic mass is 10.1. The van der Waals surface area contributed by atoms with E-state index in [0.717, 1.165) is 10.6 Å². The number of nitrogens with zero attached hydrogens (tertiary/aromatic N) is 1. The van der Waals surface area contributed by atoms with Gasteiger partial charge in [0.2, 0.25) is 27.7 Å². The lowest BCUT2D eigenvalue weighted by molar-refractivity contribution is -0.132. The number of likely N-dealkylation sites (N-methyl/N-ethyl adjacent to an activating group) is 2. The topological polar surface area (TPSA) is 139 Å². The molecule has 1 aromatic rings. The molecule has 10 heteroatoms. The van der Waals surface area contributed by atoms with Crippen LogP contribution < -0.4 is 16.4 Å². The first-order valence-electron chi connectivity index (χ1n) is 7.36. The Kier molecular flexibility index (Phi) is 7.07. The number of sulfonamides is 1. The highest BCUT2D eigenvalue weighted by Crippen LogP contribution is 2.22. The SMILES string of the molecule is CNC(=O)[C@H](CC(N)=O)NC(=O)C(c1ccccc1)N(C)S(C)(=O)=O. The third-order valence-electron chi connectivity index (χ3n) is 3.54. The molecule has 9 nitrogen and oxygen atoms in total. The van der Waals surface area contributed by atoms with Crippen LogP contribution >= 0.6 is 0 Å². The van der Waals surface area contributed by atoms with E-state index in [1.54, 1.807) is 30.3 Å². The fraction of sp³-hybridized carbons (Fsp3) is 0.400. The van der Waals surface area contributed by atoms with E-state index in [2.05, 4.69) is 10.6 Å². The molecule has 25 heavy (non-hydrogen) atoms. The van der Waals surface area contributed by atoms with Gasteiger partial charge >= 0.3 is 0 Å². The number of rotatable bonds is 8. The minimum atomic E-state index is -3.70. The molecule has 0 radical (unpaired) electrons. The van der Waals surface area contributed by atoms with E-state index in [0.29, 0.717) is 5.56 Å². The van der Waals surface area contributed by atoms with Crippen molar-refractivity contribution in [2.45, 2.75) is 18.5 Å². The van der Waals surface area contributed by atoms with Gasteiger partial charge in [-0.3, -0.25) is 14.4 Å². The summed E-state index contributed by atoms with van der Waals surface area (Å²) in [7, 11) is -1.09. The monoisotopic (exact) mass is 370 g/mol. The standard InChI is InChI=1S/C15H22N4O5S/c1-17-14(21)11(9-12(16)20)18-15(22)13(19(2)25(3,23)24)10-7-5-4-6-8-10/h4-8,11,13H,9H2,1-3H3,(H2,16,20)(H,17,21)(H,18,22)/t11-,13?/m0/s1. The van der Waals surface area contributed by atoms with E-state index in [1.165, 1.54) is 14.1 Å². The van der Waals surface area contributed by atoms with Crippen molar-refractivity contribution >= 4 is 27.7 Å². The van der Waals surface area contributed by atoms with E-state index in [4.69, 9.17) is 5.73 Å². The summed E-state index contributed by atoms with van der Waals surface area (Å²) >= 11 is 0. The van der Waals surface area contributed by atoms with Gasteiger partial charge in [0.15, 0.2) is 0 Å². The van der Waals surface area contributed by atoms with Crippen molar-refractivity contribution in [3.8, 4) is 0 Å². The van der Waals surface area contributed by atoms with E-state index in [1.807, 2.05) is 0 Å². The molecule has 0 fully saturated rings. The summed E-state index contributed by atoms with van der Waals surface area (Å²) in [6, 6.07) is 5.82. The van der Waals surface area contributed by atoms with Gasteiger partial charge < -0.3 is 16.4 Å². The number of carbonyl (C=O) groups excluding carboxylic acids is 3. The molecule has 1 aromatic carbocycles. The third kappa shape index (κ3) is 5.84. The van der Waals surface area contributed by atoms with Crippen LogP contribution in [0.3, 0.4) is 0 Å². The number of amides is 3. The Balaban J connectivity index is 3.19.